The Morgan fingerprint density at radius 3 is 2.72 bits per heavy atom. The topological polar surface area (TPSA) is 56.3 Å². The van der Waals surface area contributed by atoms with E-state index in [2.05, 4.69) is 15.3 Å². The SMILES string of the molecule is CNc1nccc(Oc2ccc(C)cc2OC)n1. The summed E-state index contributed by atoms with van der Waals surface area (Å²) in [5.41, 5.74) is 1.11. The number of hydrogen-bond acceptors (Lipinski definition) is 5. The van der Waals surface area contributed by atoms with E-state index in [-0.39, 0.29) is 0 Å². The lowest BCUT2D eigenvalue weighted by Gasteiger charge is -2.10. The molecule has 1 aromatic heterocycles. The summed E-state index contributed by atoms with van der Waals surface area (Å²) in [6.07, 6.45) is 1.63. The summed E-state index contributed by atoms with van der Waals surface area (Å²) in [5.74, 6) is 2.29. The summed E-state index contributed by atoms with van der Waals surface area (Å²) in [7, 11) is 3.37. The lowest BCUT2D eigenvalue weighted by molar-refractivity contribution is 0.374. The van der Waals surface area contributed by atoms with Gasteiger partial charge in [-0.15, -0.1) is 0 Å². The van der Waals surface area contributed by atoms with Crippen LogP contribution in [0.3, 0.4) is 0 Å². The molecule has 0 spiro atoms. The maximum atomic E-state index is 5.68. The van der Waals surface area contributed by atoms with E-state index in [1.807, 2.05) is 25.1 Å². The standard InChI is InChI=1S/C13H15N3O2/c1-9-4-5-10(11(8-9)17-3)18-12-6-7-15-13(14-2)16-12/h4-8H,1-3H3,(H,14,15,16). The molecule has 18 heavy (non-hydrogen) atoms. The van der Waals surface area contributed by atoms with Gasteiger partial charge < -0.3 is 14.8 Å². The van der Waals surface area contributed by atoms with Gasteiger partial charge in [0.05, 0.1) is 7.11 Å². The van der Waals surface area contributed by atoms with E-state index in [4.69, 9.17) is 9.47 Å². The van der Waals surface area contributed by atoms with Crippen LogP contribution in [-0.2, 0) is 0 Å². The molecule has 0 unspecified atom stereocenters. The van der Waals surface area contributed by atoms with Crippen molar-refractivity contribution in [2.75, 3.05) is 19.5 Å². The molecular weight excluding hydrogens is 230 g/mol. The van der Waals surface area contributed by atoms with E-state index in [9.17, 15) is 0 Å². The number of benzene rings is 1. The van der Waals surface area contributed by atoms with Gasteiger partial charge in [0, 0.05) is 19.3 Å². The number of nitrogens with zero attached hydrogens (tertiary/aromatic N) is 2. The molecule has 2 rings (SSSR count). The van der Waals surface area contributed by atoms with Crippen molar-refractivity contribution < 1.29 is 9.47 Å². The molecule has 0 aliphatic heterocycles. The average Bonchev–Trinajstić information content (AvgIpc) is 2.41. The van der Waals surface area contributed by atoms with Gasteiger partial charge in [0.15, 0.2) is 11.5 Å². The van der Waals surface area contributed by atoms with Gasteiger partial charge in [-0.25, -0.2) is 4.98 Å². The van der Waals surface area contributed by atoms with Crippen LogP contribution in [0.1, 0.15) is 5.56 Å². The van der Waals surface area contributed by atoms with Crippen LogP contribution in [0, 0.1) is 6.92 Å². The van der Waals surface area contributed by atoms with Crippen molar-refractivity contribution in [3.63, 3.8) is 0 Å². The largest absolute Gasteiger partial charge is 0.493 e. The van der Waals surface area contributed by atoms with Crippen molar-refractivity contribution in [1.29, 1.82) is 0 Å². The van der Waals surface area contributed by atoms with Crippen LogP contribution < -0.4 is 14.8 Å². The van der Waals surface area contributed by atoms with Gasteiger partial charge in [-0.1, -0.05) is 6.07 Å². The minimum atomic E-state index is 0.469. The highest BCUT2D eigenvalue weighted by Crippen LogP contribution is 2.31. The van der Waals surface area contributed by atoms with Gasteiger partial charge in [0.1, 0.15) is 0 Å². The Balaban J connectivity index is 2.27. The van der Waals surface area contributed by atoms with Crippen molar-refractivity contribution in [2.45, 2.75) is 6.92 Å². The molecule has 5 nitrogen and oxygen atoms in total. The molecule has 0 bridgehead atoms. The molecule has 0 aliphatic rings. The van der Waals surface area contributed by atoms with E-state index >= 15 is 0 Å². The lowest BCUT2D eigenvalue weighted by atomic mass is 10.2. The molecule has 0 saturated carbocycles. The highest BCUT2D eigenvalue weighted by atomic mass is 16.5. The van der Waals surface area contributed by atoms with E-state index in [1.54, 1.807) is 26.4 Å². The first-order valence-electron chi connectivity index (χ1n) is 5.56. The summed E-state index contributed by atoms with van der Waals surface area (Å²) in [6.45, 7) is 2.00. The molecule has 0 aliphatic carbocycles. The average molecular weight is 245 g/mol. The third-order valence-corrected chi connectivity index (χ3v) is 2.39. The van der Waals surface area contributed by atoms with E-state index in [0.29, 0.717) is 23.3 Å². The summed E-state index contributed by atoms with van der Waals surface area (Å²) in [5, 5.41) is 2.86. The summed E-state index contributed by atoms with van der Waals surface area (Å²) >= 11 is 0. The third kappa shape index (κ3) is 2.68. The smallest absolute Gasteiger partial charge is 0.225 e. The first-order chi connectivity index (χ1) is 8.72. The predicted molar refractivity (Wildman–Crippen MR) is 69.4 cm³/mol. The van der Waals surface area contributed by atoms with Gasteiger partial charge in [-0.2, -0.15) is 4.98 Å². The van der Waals surface area contributed by atoms with Gasteiger partial charge >= 0.3 is 0 Å². The highest BCUT2D eigenvalue weighted by molar-refractivity contribution is 5.44. The fourth-order valence-electron chi connectivity index (χ4n) is 1.49. The molecular formula is C13H15N3O2. The molecule has 5 heteroatoms. The number of rotatable bonds is 4. The number of nitrogens with one attached hydrogen (secondary N) is 1. The van der Waals surface area contributed by atoms with Crippen LogP contribution in [0.15, 0.2) is 30.5 Å². The van der Waals surface area contributed by atoms with Gasteiger partial charge in [-0.3, -0.25) is 0 Å². The molecule has 0 radical (unpaired) electrons. The maximum absolute atomic E-state index is 5.68. The van der Waals surface area contributed by atoms with Crippen LogP contribution in [-0.4, -0.2) is 24.1 Å². The van der Waals surface area contributed by atoms with Gasteiger partial charge in [-0.05, 0) is 24.6 Å². The molecule has 0 amide bonds. The number of aryl methyl sites for hydroxylation is 1. The summed E-state index contributed by atoms with van der Waals surface area (Å²) in [4.78, 5) is 8.21. The fraction of sp³-hybridized carbons (Fsp3) is 0.231. The Morgan fingerprint density at radius 1 is 1.17 bits per heavy atom. The lowest BCUT2D eigenvalue weighted by Crippen LogP contribution is -1.98. The van der Waals surface area contributed by atoms with Crippen LogP contribution in [0.5, 0.6) is 17.4 Å². The Bertz CT molecular complexity index is 544. The molecule has 1 heterocycles. The molecule has 1 aromatic carbocycles. The molecule has 94 valence electrons. The zero-order valence-corrected chi connectivity index (χ0v) is 10.6. The van der Waals surface area contributed by atoms with E-state index in [0.717, 1.165) is 5.56 Å². The minimum absolute atomic E-state index is 0.469. The van der Waals surface area contributed by atoms with Crippen LogP contribution in [0.25, 0.3) is 0 Å². The molecule has 2 aromatic rings. The Hall–Kier alpha value is -2.30. The van der Waals surface area contributed by atoms with Crippen molar-refractivity contribution in [3.8, 4) is 17.4 Å². The predicted octanol–water partition coefficient (Wildman–Crippen LogP) is 2.63. The Kier molecular flexibility index (Phi) is 3.62. The number of anilines is 1. The second kappa shape index (κ2) is 5.35. The normalized spacial score (nSPS) is 9.94. The Labute approximate surface area is 106 Å². The zero-order chi connectivity index (χ0) is 13.0. The highest BCUT2D eigenvalue weighted by Gasteiger charge is 2.07. The van der Waals surface area contributed by atoms with Crippen molar-refractivity contribution >= 4 is 5.95 Å². The minimum Gasteiger partial charge on any atom is -0.493 e. The number of aromatic nitrogens is 2. The zero-order valence-electron chi connectivity index (χ0n) is 10.6. The van der Waals surface area contributed by atoms with Gasteiger partial charge in [0.2, 0.25) is 11.8 Å². The first-order valence-corrected chi connectivity index (χ1v) is 5.56. The quantitative estimate of drug-likeness (QED) is 0.897. The van der Waals surface area contributed by atoms with Crippen molar-refractivity contribution in [3.05, 3.63) is 36.0 Å². The molecule has 1 N–H and O–H groups in total. The number of ether oxygens (including phenoxy) is 2. The third-order valence-electron chi connectivity index (χ3n) is 2.39. The first kappa shape index (κ1) is 12.2. The number of hydrogen-bond donors (Lipinski definition) is 1. The second-order valence-corrected chi connectivity index (χ2v) is 3.72. The monoisotopic (exact) mass is 245 g/mol. The summed E-state index contributed by atoms with van der Waals surface area (Å²) in [6, 6.07) is 7.42. The maximum Gasteiger partial charge on any atom is 0.225 e. The van der Waals surface area contributed by atoms with E-state index in [1.165, 1.54) is 0 Å². The number of methoxy groups -OCH3 is 1. The Morgan fingerprint density at radius 2 is 2.00 bits per heavy atom. The summed E-state index contributed by atoms with van der Waals surface area (Å²) < 4.78 is 11.0. The van der Waals surface area contributed by atoms with Crippen molar-refractivity contribution in [2.24, 2.45) is 0 Å². The van der Waals surface area contributed by atoms with Crippen LogP contribution in [0.2, 0.25) is 0 Å². The van der Waals surface area contributed by atoms with Crippen LogP contribution >= 0.6 is 0 Å². The molecule has 0 saturated heterocycles. The van der Waals surface area contributed by atoms with Crippen molar-refractivity contribution in [1.82, 2.24) is 9.97 Å². The van der Waals surface area contributed by atoms with E-state index < -0.39 is 0 Å². The molecule has 0 atom stereocenters. The fourth-order valence-corrected chi connectivity index (χ4v) is 1.49. The van der Waals surface area contributed by atoms with Gasteiger partial charge in [0.25, 0.3) is 0 Å². The molecule has 0 fully saturated rings. The second-order valence-electron chi connectivity index (χ2n) is 3.72. The van der Waals surface area contributed by atoms with Crippen LogP contribution in [0.4, 0.5) is 5.95 Å².